The minimum atomic E-state index is -0.471. The van der Waals surface area contributed by atoms with Crippen LogP contribution < -0.4 is 5.32 Å². The molecule has 0 bridgehead atoms. The normalized spacial score (nSPS) is 10.3. The number of pyridine rings is 1. The van der Waals surface area contributed by atoms with Gasteiger partial charge in [0, 0.05) is 4.88 Å². The number of hydrogen-bond donors (Lipinski definition) is 1. The zero-order chi connectivity index (χ0) is 10.7. The van der Waals surface area contributed by atoms with E-state index >= 15 is 0 Å². The average Bonchev–Trinajstić information content (AvgIpc) is 2.61. The molecule has 0 saturated carbocycles. The van der Waals surface area contributed by atoms with Crippen LogP contribution in [-0.2, 0) is 6.54 Å². The van der Waals surface area contributed by atoms with Crippen molar-refractivity contribution in [2.45, 2.75) is 13.5 Å². The third kappa shape index (κ3) is 2.50. The summed E-state index contributed by atoms with van der Waals surface area (Å²) >= 11 is 1.58. The van der Waals surface area contributed by atoms with Gasteiger partial charge in [-0.15, -0.1) is 11.3 Å². The van der Waals surface area contributed by atoms with Gasteiger partial charge in [0.05, 0.1) is 17.7 Å². The maximum absolute atomic E-state index is 12.8. The third-order valence-corrected chi connectivity index (χ3v) is 2.93. The van der Waals surface area contributed by atoms with E-state index in [9.17, 15) is 4.39 Å². The van der Waals surface area contributed by atoms with E-state index in [0.717, 1.165) is 10.6 Å². The van der Waals surface area contributed by atoms with Crippen molar-refractivity contribution in [3.05, 3.63) is 40.2 Å². The van der Waals surface area contributed by atoms with Crippen LogP contribution in [0.5, 0.6) is 0 Å². The highest BCUT2D eigenvalue weighted by Gasteiger charge is 2.01. The van der Waals surface area contributed by atoms with Gasteiger partial charge in [0.25, 0.3) is 0 Å². The SMILES string of the molecule is Cc1ncsc1CNc1cccc(F)n1. The lowest BCUT2D eigenvalue weighted by Gasteiger charge is -2.03. The van der Waals surface area contributed by atoms with Crippen molar-refractivity contribution in [2.24, 2.45) is 0 Å². The molecule has 1 N–H and O–H groups in total. The van der Waals surface area contributed by atoms with Crippen LogP contribution in [0.15, 0.2) is 23.7 Å². The number of anilines is 1. The summed E-state index contributed by atoms with van der Waals surface area (Å²) in [5.74, 6) is 0.0730. The van der Waals surface area contributed by atoms with Gasteiger partial charge in [-0.05, 0) is 19.1 Å². The number of aryl methyl sites for hydroxylation is 1. The number of nitrogens with one attached hydrogen (secondary N) is 1. The fraction of sp³-hybridized carbons (Fsp3) is 0.200. The molecule has 2 rings (SSSR count). The summed E-state index contributed by atoms with van der Waals surface area (Å²) in [5, 5.41) is 3.05. The van der Waals surface area contributed by atoms with Gasteiger partial charge in [-0.3, -0.25) is 0 Å². The topological polar surface area (TPSA) is 37.8 Å². The highest BCUT2D eigenvalue weighted by atomic mass is 32.1. The molecule has 0 aromatic carbocycles. The fourth-order valence-electron chi connectivity index (χ4n) is 1.17. The molecular weight excluding hydrogens is 213 g/mol. The third-order valence-electron chi connectivity index (χ3n) is 1.99. The van der Waals surface area contributed by atoms with Crippen molar-refractivity contribution < 1.29 is 4.39 Å². The van der Waals surface area contributed by atoms with E-state index in [1.807, 2.05) is 6.92 Å². The Morgan fingerprint density at radius 1 is 1.47 bits per heavy atom. The summed E-state index contributed by atoms with van der Waals surface area (Å²) in [6.07, 6.45) is 0. The first kappa shape index (κ1) is 10.0. The lowest BCUT2D eigenvalue weighted by Crippen LogP contribution is -2.01. The Labute approximate surface area is 91.0 Å². The summed E-state index contributed by atoms with van der Waals surface area (Å²) in [6, 6.07) is 4.69. The lowest BCUT2D eigenvalue weighted by atomic mass is 10.4. The van der Waals surface area contributed by atoms with Crippen LogP contribution >= 0.6 is 11.3 Å². The minimum absolute atomic E-state index is 0.471. The summed E-state index contributed by atoms with van der Waals surface area (Å²) < 4.78 is 12.8. The van der Waals surface area contributed by atoms with Crippen molar-refractivity contribution in [2.75, 3.05) is 5.32 Å². The number of halogens is 1. The second kappa shape index (κ2) is 4.35. The molecule has 0 fully saturated rings. The quantitative estimate of drug-likeness (QED) is 0.813. The number of hydrogen-bond acceptors (Lipinski definition) is 4. The number of nitrogens with zero attached hydrogens (tertiary/aromatic N) is 2. The molecule has 5 heteroatoms. The van der Waals surface area contributed by atoms with Crippen molar-refractivity contribution in [1.29, 1.82) is 0 Å². The molecule has 0 aliphatic rings. The molecule has 0 atom stereocenters. The standard InChI is InChI=1S/C10H10FN3S/c1-7-8(15-6-13-7)5-12-10-4-2-3-9(11)14-10/h2-4,6H,5H2,1H3,(H,12,14). The van der Waals surface area contributed by atoms with E-state index in [0.29, 0.717) is 12.4 Å². The lowest BCUT2D eigenvalue weighted by molar-refractivity contribution is 0.585. The predicted molar refractivity (Wildman–Crippen MR) is 58.4 cm³/mol. The number of rotatable bonds is 3. The van der Waals surface area contributed by atoms with Crippen LogP contribution in [0.25, 0.3) is 0 Å². The molecule has 15 heavy (non-hydrogen) atoms. The molecule has 0 aliphatic carbocycles. The summed E-state index contributed by atoms with van der Waals surface area (Å²) in [6.45, 7) is 2.58. The van der Waals surface area contributed by atoms with Gasteiger partial charge in [-0.1, -0.05) is 6.07 Å². The Morgan fingerprint density at radius 2 is 2.33 bits per heavy atom. The van der Waals surface area contributed by atoms with E-state index in [1.165, 1.54) is 6.07 Å². The van der Waals surface area contributed by atoms with Gasteiger partial charge in [-0.25, -0.2) is 9.97 Å². The highest BCUT2D eigenvalue weighted by molar-refractivity contribution is 7.09. The van der Waals surface area contributed by atoms with Gasteiger partial charge < -0.3 is 5.32 Å². The first-order chi connectivity index (χ1) is 7.25. The van der Waals surface area contributed by atoms with Crippen molar-refractivity contribution in [1.82, 2.24) is 9.97 Å². The van der Waals surface area contributed by atoms with Gasteiger partial charge in [0.2, 0.25) is 5.95 Å². The van der Waals surface area contributed by atoms with Crippen LogP contribution in [0.1, 0.15) is 10.6 Å². The Bertz CT molecular complexity index is 455. The molecule has 0 aliphatic heterocycles. The van der Waals surface area contributed by atoms with Crippen molar-refractivity contribution in [3.8, 4) is 0 Å². The Kier molecular flexibility index (Phi) is 2.91. The molecule has 3 nitrogen and oxygen atoms in total. The van der Waals surface area contributed by atoms with E-state index in [1.54, 1.807) is 29.0 Å². The molecule has 2 aromatic rings. The molecule has 0 unspecified atom stereocenters. The molecule has 0 saturated heterocycles. The maximum atomic E-state index is 12.8. The van der Waals surface area contributed by atoms with Crippen LogP contribution in [0.3, 0.4) is 0 Å². The molecule has 0 amide bonds. The molecule has 2 heterocycles. The molecule has 2 aromatic heterocycles. The van der Waals surface area contributed by atoms with Gasteiger partial charge in [0.1, 0.15) is 5.82 Å². The van der Waals surface area contributed by atoms with Crippen LogP contribution in [0.4, 0.5) is 10.2 Å². The average molecular weight is 223 g/mol. The number of thiazole rings is 1. The van der Waals surface area contributed by atoms with E-state index in [4.69, 9.17) is 0 Å². The molecule has 0 radical (unpaired) electrons. The fourth-order valence-corrected chi connectivity index (χ4v) is 1.89. The summed E-state index contributed by atoms with van der Waals surface area (Å²) in [7, 11) is 0. The van der Waals surface area contributed by atoms with E-state index in [2.05, 4.69) is 15.3 Å². The monoisotopic (exact) mass is 223 g/mol. The zero-order valence-electron chi connectivity index (χ0n) is 8.20. The first-order valence-electron chi connectivity index (χ1n) is 4.51. The Balaban J connectivity index is 2.02. The zero-order valence-corrected chi connectivity index (χ0v) is 9.01. The second-order valence-electron chi connectivity index (χ2n) is 3.06. The minimum Gasteiger partial charge on any atom is -0.365 e. The maximum Gasteiger partial charge on any atom is 0.214 e. The van der Waals surface area contributed by atoms with Crippen molar-refractivity contribution >= 4 is 17.2 Å². The Morgan fingerprint density at radius 3 is 3.00 bits per heavy atom. The molecule has 0 spiro atoms. The first-order valence-corrected chi connectivity index (χ1v) is 5.39. The Hall–Kier alpha value is -1.49. The van der Waals surface area contributed by atoms with Gasteiger partial charge >= 0.3 is 0 Å². The van der Waals surface area contributed by atoms with Crippen LogP contribution in [0.2, 0.25) is 0 Å². The van der Waals surface area contributed by atoms with Gasteiger partial charge in [-0.2, -0.15) is 4.39 Å². The number of aromatic nitrogens is 2. The van der Waals surface area contributed by atoms with Crippen LogP contribution in [0, 0.1) is 12.9 Å². The van der Waals surface area contributed by atoms with Crippen molar-refractivity contribution in [3.63, 3.8) is 0 Å². The molecule has 78 valence electrons. The van der Waals surface area contributed by atoms with Crippen LogP contribution in [-0.4, -0.2) is 9.97 Å². The molecular formula is C10H10FN3S. The predicted octanol–water partition coefficient (Wildman–Crippen LogP) is 2.60. The highest BCUT2D eigenvalue weighted by Crippen LogP contribution is 2.14. The smallest absolute Gasteiger partial charge is 0.214 e. The summed E-state index contributed by atoms with van der Waals surface area (Å²) in [4.78, 5) is 8.98. The van der Waals surface area contributed by atoms with Gasteiger partial charge in [0.15, 0.2) is 0 Å². The largest absolute Gasteiger partial charge is 0.365 e. The summed E-state index contributed by atoms with van der Waals surface area (Å²) in [5.41, 5.74) is 2.80. The van der Waals surface area contributed by atoms with E-state index in [-0.39, 0.29) is 0 Å². The second-order valence-corrected chi connectivity index (χ2v) is 4.00. The van der Waals surface area contributed by atoms with E-state index < -0.39 is 5.95 Å².